The van der Waals surface area contributed by atoms with Crippen LogP contribution in [0.2, 0.25) is 0 Å². The highest BCUT2D eigenvalue weighted by molar-refractivity contribution is 5.79. The van der Waals surface area contributed by atoms with E-state index in [1.54, 1.807) is 7.05 Å². The summed E-state index contributed by atoms with van der Waals surface area (Å²) in [4.78, 5) is 8.80. The molecule has 0 aliphatic carbocycles. The van der Waals surface area contributed by atoms with Gasteiger partial charge in [0.25, 0.3) is 0 Å². The normalized spacial score (nSPS) is 11.8. The molecule has 3 rings (SSSR count). The topological polar surface area (TPSA) is 80.3 Å². The van der Waals surface area contributed by atoms with Crippen LogP contribution in [0.4, 0.5) is 0 Å². The molecule has 0 saturated carbocycles. The molecule has 2 N–H and O–H groups in total. The van der Waals surface area contributed by atoms with Crippen LogP contribution in [0.1, 0.15) is 61.9 Å². The van der Waals surface area contributed by atoms with Crippen molar-refractivity contribution in [1.29, 1.82) is 0 Å². The van der Waals surface area contributed by atoms with Gasteiger partial charge in [0.15, 0.2) is 11.7 Å². The van der Waals surface area contributed by atoms with Gasteiger partial charge in [0, 0.05) is 38.0 Å². The highest BCUT2D eigenvalue weighted by Gasteiger charge is 2.13. The second-order valence-electron chi connectivity index (χ2n) is 7.64. The van der Waals surface area contributed by atoms with Crippen molar-refractivity contribution in [3.05, 3.63) is 71.6 Å². The molecule has 2 aromatic heterocycles. The van der Waals surface area contributed by atoms with Gasteiger partial charge in [0.2, 0.25) is 0 Å². The van der Waals surface area contributed by atoms with Crippen LogP contribution in [0.15, 0.2) is 58.3 Å². The first-order valence-corrected chi connectivity index (χ1v) is 11.2. The van der Waals surface area contributed by atoms with Crippen molar-refractivity contribution >= 4 is 5.96 Å². The van der Waals surface area contributed by atoms with E-state index < -0.39 is 0 Å². The number of aromatic nitrogens is 3. The fraction of sp³-hybridized carbons (Fsp3) is 0.458. The van der Waals surface area contributed by atoms with E-state index in [9.17, 15) is 0 Å². The predicted molar refractivity (Wildman–Crippen MR) is 124 cm³/mol. The zero-order valence-corrected chi connectivity index (χ0v) is 18.8. The highest BCUT2D eigenvalue weighted by atomic mass is 16.5. The maximum absolute atomic E-state index is 5.48. The summed E-state index contributed by atoms with van der Waals surface area (Å²) in [5.74, 6) is 2.97. The average molecular weight is 423 g/mol. The van der Waals surface area contributed by atoms with E-state index in [-0.39, 0.29) is 0 Å². The molecular weight excluding hydrogens is 388 g/mol. The minimum absolute atomic E-state index is 0.454. The van der Waals surface area contributed by atoms with Crippen LogP contribution in [-0.4, -0.2) is 27.7 Å². The molecule has 0 spiro atoms. The number of rotatable bonds is 11. The van der Waals surface area contributed by atoms with Crippen LogP contribution < -0.4 is 10.6 Å². The van der Waals surface area contributed by atoms with E-state index in [1.165, 1.54) is 5.56 Å². The van der Waals surface area contributed by atoms with Gasteiger partial charge in [-0.1, -0.05) is 49.3 Å². The first-order chi connectivity index (χ1) is 15.2. The summed E-state index contributed by atoms with van der Waals surface area (Å²) in [6.45, 7) is 6.44. The summed E-state index contributed by atoms with van der Waals surface area (Å²) in [7, 11) is 1.76. The largest absolute Gasteiger partial charge is 0.359 e. The van der Waals surface area contributed by atoms with Crippen LogP contribution >= 0.6 is 0 Å². The lowest BCUT2D eigenvalue weighted by atomic mass is 9.99. The first kappa shape index (κ1) is 22.6. The molecule has 31 heavy (non-hydrogen) atoms. The Labute approximate surface area is 185 Å². The molecule has 0 atom stereocenters. The minimum atomic E-state index is 0.454. The Morgan fingerprint density at radius 3 is 2.65 bits per heavy atom. The van der Waals surface area contributed by atoms with Gasteiger partial charge in [-0.05, 0) is 31.2 Å². The number of benzene rings is 1. The Hall–Kier alpha value is -3.09. The van der Waals surface area contributed by atoms with Crippen LogP contribution in [0.25, 0.3) is 0 Å². The standard InChI is InChI=1S/C24H34N6O/c1-4-20(5-2)22-16-21(31-29-22)17-27-24(25-3)28-18-23-26-13-15-30(23)14-9-12-19-10-7-6-8-11-19/h6-8,10-11,13,15-16,20H,4-5,9,12,14,17-18H2,1-3H3,(H2,25,27,28). The second kappa shape index (κ2) is 11.9. The second-order valence-corrected chi connectivity index (χ2v) is 7.64. The molecular formula is C24H34N6O. The number of guanidine groups is 1. The number of aliphatic imine (C=N–C) groups is 1. The third-order valence-corrected chi connectivity index (χ3v) is 5.56. The molecule has 0 unspecified atom stereocenters. The molecule has 1 aromatic carbocycles. The molecule has 2 heterocycles. The molecule has 3 aromatic rings. The molecule has 0 amide bonds. The maximum Gasteiger partial charge on any atom is 0.191 e. The number of nitrogens with one attached hydrogen (secondary N) is 2. The van der Waals surface area contributed by atoms with E-state index in [1.807, 2.05) is 18.5 Å². The Balaban J connectivity index is 1.45. The van der Waals surface area contributed by atoms with Gasteiger partial charge in [0.05, 0.1) is 18.8 Å². The van der Waals surface area contributed by atoms with Crippen molar-refractivity contribution in [3.63, 3.8) is 0 Å². The van der Waals surface area contributed by atoms with Crippen LogP contribution in [0.3, 0.4) is 0 Å². The number of hydrogen-bond acceptors (Lipinski definition) is 4. The summed E-state index contributed by atoms with van der Waals surface area (Å²) in [5, 5.41) is 10.8. The van der Waals surface area contributed by atoms with Gasteiger partial charge in [-0.25, -0.2) is 4.98 Å². The highest BCUT2D eigenvalue weighted by Crippen LogP contribution is 2.22. The number of nitrogens with zero attached hydrogens (tertiary/aromatic N) is 4. The van der Waals surface area contributed by atoms with Crippen LogP contribution in [-0.2, 0) is 26.1 Å². The van der Waals surface area contributed by atoms with Crippen molar-refractivity contribution in [3.8, 4) is 0 Å². The molecule has 0 saturated heterocycles. The molecule has 7 heteroatoms. The molecule has 7 nitrogen and oxygen atoms in total. The molecule has 0 aliphatic heterocycles. The quantitative estimate of drug-likeness (QED) is 0.356. The third kappa shape index (κ3) is 6.70. The van der Waals surface area contributed by atoms with Crippen molar-refractivity contribution in [2.24, 2.45) is 4.99 Å². The van der Waals surface area contributed by atoms with Gasteiger partial charge in [0.1, 0.15) is 5.82 Å². The number of hydrogen-bond donors (Lipinski definition) is 2. The third-order valence-electron chi connectivity index (χ3n) is 5.56. The SMILES string of the molecule is CCC(CC)c1cc(CNC(=NC)NCc2nccn2CCCc2ccccc2)on1. The number of aryl methyl sites for hydroxylation is 2. The molecule has 0 aliphatic rings. The summed E-state index contributed by atoms with van der Waals surface area (Å²) in [6, 6.07) is 12.6. The van der Waals surface area contributed by atoms with Crippen molar-refractivity contribution in [2.45, 2.75) is 65.1 Å². The van der Waals surface area contributed by atoms with E-state index in [0.717, 1.165) is 49.5 Å². The lowest BCUT2D eigenvalue weighted by molar-refractivity contribution is 0.368. The lowest BCUT2D eigenvalue weighted by Gasteiger charge is -2.12. The van der Waals surface area contributed by atoms with Gasteiger partial charge in [-0.3, -0.25) is 4.99 Å². The lowest BCUT2D eigenvalue weighted by Crippen LogP contribution is -2.36. The molecule has 0 bridgehead atoms. The van der Waals surface area contributed by atoms with Gasteiger partial charge in [-0.2, -0.15) is 0 Å². The van der Waals surface area contributed by atoms with Crippen molar-refractivity contribution in [1.82, 2.24) is 25.3 Å². The van der Waals surface area contributed by atoms with E-state index in [2.05, 4.69) is 74.5 Å². The fourth-order valence-corrected chi connectivity index (χ4v) is 3.67. The smallest absolute Gasteiger partial charge is 0.191 e. The van der Waals surface area contributed by atoms with Crippen molar-refractivity contribution < 1.29 is 4.52 Å². The van der Waals surface area contributed by atoms with Crippen molar-refractivity contribution in [2.75, 3.05) is 7.05 Å². The average Bonchev–Trinajstić information content (AvgIpc) is 3.45. The Kier molecular flexibility index (Phi) is 8.70. The summed E-state index contributed by atoms with van der Waals surface area (Å²) < 4.78 is 7.68. The predicted octanol–water partition coefficient (Wildman–Crippen LogP) is 4.27. The Morgan fingerprint density at radius 2 is 1.90 bits per heavy atom. The number of imidazole rings is 1. The molecule has 0 fully saturated rings. The van der Waals surface area contributed by atoms with Crippen LogP contribution in [0, 0.1) is 0 Å². The van der Waals surface area contributed by atoms with Gasteiger partial charge >= 0.3 is 0 Å². The summed E-state index contributed by atoms with van der Waals surface area (Å²) in [6.07, 6.45) is 8.15. The van der Waals surface area contributed by atoms with E-state index in [4.69, 9.17) is 4.52 Å². The van der Waals surface area contributed by atoms with Gasteiger partial charge in [-0.15, -0.1) is 0 Å². The summed E-state index contributed by atoms with van der Waals surface area (Å²) in [5.41, 5.74) is 2.40. The minimum Gasteiger partial charge on any atom is -0.359 e. The summed E-state index contributed by atoms with van der Waals surface area (Å²) >= 11 is 0. The van der Waals surface area contributed by atoms with E-state index >= 15 is 0 Å². The van der Waals surface area contributed by atoms with E-state index in [0.29, 0.717) is 25.0 Å². The monoisotopic (exact) mass is 422 g/mol. The zero-order valence-electron chi connectivity index (χ0n) is 18.8. The maximum atomic E-state index is 5.48. The van der Waals surface area contributed by atoms with Crippen LogP contribution in [0.5, 0.6) is 0 Å². The molecule has 0 radical (unpaired) electrons. The molecule has 166 valence electrons. The van der Waals surface area contributed by atoms with Gasteiger partial charge < -0.3 is 19.7 Å². The first-order valence-electron chi connectivity index (χ1n) is 11.2. The Morgan fingerprint density at radius 1 is 1.13 bits per heavy atom. The Bertz CT molecular complexity index is 926. The zero-order chi connectivity index (χ0) is 21.9. The fourth-order valence-electron chi connectivity index (χ4n) is 3.67.